The summed E-state index contributed by atoms with van der Waals surface area (Å²) in [7, 11) is 0. The Bertz CT molecular complexity index is 818. The fourth-order valence-electron chi connectivity index (χ4n) is 3.15. The number of nitrogens with one attached hydrogen (secondary N) is 1. The maximum absolute atomic E-state index is 11.9. The third kappa shape index (κ3) is 5.73. The largest absolute Gasteiger partial charge is 0.491 e. The van der Waals surface area contributed by atoms with Crippen molar-refractivity contribution >= 4 is 23.4 Å². The van der Waals surface area contributed by atoms with Crippen LogP contribution in [0.1, 0.15) is 26.6 Å². The van der Waals surface area contributed by atoms with Gasteiger partial charge in [-0.05, 0) is 52.0 Å². The number of anilines is 3. The monoisotopic (exact) mass is 399 g/mol. The molecule has 0 spiro atoms. The van der Waals surface area contributed by atoms with E-state index in [9.17, 15) is 4.79 Å². The number of aromatic nitrogens is 2. The quantitative estimate of drug-likeness (QED) is 0.795. The Balaban J connectivity index is 1.65. The summed E-state index contributed by atoms with van der Waals surface area (Å²) in [6.07, 6.45) is -0.108. The summed E-state index contributed by atoms with van der Waals surface area (Å²) in [5.41, 5.74) is 0.928. The molecule has 1 fully saturated rings. The number of carbonyl (C=O) groups is 1. The van der Waals surface area contributed by atoms with E-state index in [1.54, 1.807) is 4.90 Å². The van der Waals surface area contributed by atoms with Gasteiger partial charge in [-0.2, -0.15) is 0 Å². The van der Waals surface area contributed by atoms with E-state index in [2.05, 4.69) is 20.2 Å². The molecule has 8 nitrogen and oxygen atoms in total. The van der Waals surface area contributed by atoms with Crippen molar-refractivity contribution in [2.24, 2.45) is 0 Å². The second-order valence-corrected chi connectivity index (χ2v) is 7.15. The van der Waals surface area contributed by atoms with Gasteiger partial charge in [-0.15, -0.1) is 0 Å². The van der Waals surface area contributed by atoms with Crippen LogP contribution in [0.25, 0.3) is 0 Å². The van der Waals surface area contributed by atoms with E-state index < -0.39 is 0 Å². The van der Waals surface area contributed by atoms with Crippen LogP contribution >= 0.6 is 0 Å². The molecule has 2 aromatic rings. The van der Waals surface area contributed by atoms with E-state index in [-0.39, 0.29) is 12.2 Å². The third-order valence-corrected chi connectivity index (χ3v) is 4.45. The average molecular weight is 399 g/mol. The van der Waals surface area contributed by atoms with Gasteiger partial charge in [0.1, 0.15) is 23.2 Å². The number of aryl methyl sites for hydroxylation is 1. The first kappa shape index (κ1) is 20.7. The van der Waals surface area contributed by atoms with E-state index in [1.807, 2.05) is 58.0 Å². The first-order valence-electron chi connectivity index (χ1n) is 10.0. The van der Waals surface area contributed by atoms with Crippen LogP contribution in [-0.4, -0.2) is 59.9 Å². The van der Waals surface area contributed by atoms with Gasteiger partial charge in [0, 0.05) is 37.9 Å². The zero-order valence-electron chi connectivity index (χ0n) is 17.5. The molecule has 29 heavy (non-hydrogen) atoms. The van der Waals surface area contributed by atoms with Crippen molar-refractivity contribution in [1.29, 1.82) is 0 Å². The van der Waals surface area contributed by atoms with Gasteiger partial charge in [0.05, 0.1) is 12.7 Å². The molecule has 0 aliphatic carbocycles. The van der Waals surface area contributed by atoms with Gasteiger partial charge in [-0.3, -0.25) is 0 Å². The molecule has 8 heteroatoms. The van der Waals surface area contributed by atoms with Crippen molar-refractivity contribution < 1.29 is 14.3 Å². The number of ether oxygens (including phenoxy) is 2. The summed E-state index contributed by atoms with van der Waals surface area (Å²) >= 11 is 0. The molecule has 156 valence electrons. The normalized spacial score (nSPS) is 14.1. The maximum atomic E-state index is 11.9. The molecule has 1 aliphatic heterocycles. The standard InChI is InChI=1S/C21H29N5O3/c1-5-28-21(27)26-12-10-25(11-13-26)20-14-19(22-16(4)23-20)24-17-6-8-18(9-7-17)29-15(2)3/h6-9,14-15H,5,10-13H2,1-4H3,(H,22,23,24). The molecular weight excluding hydrogens is 370 g/mol. The number of benzene rings is 1. The lowest BCUT2D eigenvalue weighted by molar-refractivity contribution is 0.105. The first-order chi connectivity index (χ1) is 13.9. The maximum Gasteiger partial charge on any atom is 0.409 e. The van der Waals surface area contributed by atoms with Gasteiger partial charge in [0.25, 0.3) is 0 Å². The Morgan fingerprint density at radius 3 is 2.45 bits per heavy atom. The summed E-state index contributed by atoms with van der Waals surface area (Å²) in [6, 6.07) is 9.74. The molecule has 1 saturated heterocycles. The van der Waals surface area contributed by atoms with Crippen molar-refractivity contribution in [2.45, 2.75) is 33.8 Å². The summed E-state index contributed by atoms with van der Waals surface area (Å²) in [5, 5.41) is 3.33. The molecular formula is C21H29N5O3. The fourth-order valence-corrected chi connectivity index (χ4v) is 3.15. The summed E-state index contributed by atoms with van der Waals surface area (Å²) in [6.45, 7) is 10.7. The summed E-state index contributed by atoms with van der Waals surface area (Å²) in [4.78, 5) is 24.8. The highest BCUT2D eigenvalue weighted by atomic mass is 16.6. The van der Waals surface area contributed by atoms with Crippen molar-refractivity contribution in [2.75, 3.05) is 43.0 Å². The minimum atomic E-state index is -0.252. The molecule has 0 bridgehead atoms. The van der Waals surface area contributed by atoms with Crippen molar-refractivity contribution in [1.82, 2.24) is 14.9 Å². The Hall–Kier alpha value is -3.03. The lowest BCUT2D eigenvalue weighted by atomic mass is 10.3. The van der Waals surface area contributed by atoms with Crippen LogP contribution in [0.2, 0.25) is 0 Å². The highest BCUT2D eigenvalue weighted by molar-refractivity contribution is 5.68. The molecule has 0 atom stereocenters. The lowest BCUT2D eigenvalue weighted by Crippen LogP contribution is -2.49. The first-order valence-corrected chi connectivity index (χ1v) is 10.0. The zero-order chi connectivity index (χ0) is 20.8. The Kier molecular flexibility index (Phi) is 6.74. The molecule has 0 saturated carbocycles. The second-order valence-electron chi connectivity index (χ2n) is 7.15. The van der Waals surface area contributed by atoms with E-state index >= 15 is 0 Å². The number of nitrogens with zero attached hydrogens (tertiary/aromatic N) is 4. The van der Waals surface area contributed by atoms with Crippen LogP contribution in [0, 0.1) is 6.92 Å². The van der Waals surface area contributed by atoms with Gasteiger partial charge >= 0.3 is 6.09 Å². The molecule has 1 aromatic carbocycles. The minimum Gasteiger partial charge on any atom is -0.491 e. The van der Waals surface area contributed by atoms with E-state index in [4.69, 9.17) is 9.47 Å². The van der Waals surface area contributed by atoms with E-state index in [1.165, 1.54) is 0 Å². The third-order valence-electron chi connectivity index (χ3n) is 4.45. The van der Waals surface area contributed by atoms with E-state index in [0.717, 1.165) is 23.1 Å². The molecule has 0 unspecified atom stereocenters. The van der Waals surface area contributed by atoms with Crippen LogP contribution in [0.4, 0.5) is 22.1 Å². The Morgan fingerprint density at radius 1 is 1.14 bits per heavy atom. The smallest absolute Gasteiger partial charge is 0.409 e. The van der Waals surface area contributed by atoms with Crippen molar-refractivity contribution in [3.63, 3.8) is 0 Å². The number of hydrogen-bond acceptors (Lipinski definition) is 7. The van der Waals surface area contributed by atoms with E-state index in [0.29, 0.717) is 38.6 Å². The van der Waals surface area contributed by atoms with Gasteiger partial charge in [-0.1, -0.05) is 0 Å². The fraction of sp³-hybridized carbons (Fsp3) is 0.476. The molecule has 1 aromatic heterocycles. The highest BCUT2D eigenvalue weighted by Crippen LogP contribution is 2.23. The van der Waals surface area contributed by atoms with Gasteiger partial charge in [-0.25, -0.2) is 14.8 Å². The van der Waals surface area contributed by atoms with Crippen LogP contribution in [0.5, 0.6) is 5.75 Å². The molecule has 1 aliphatic rings. The molecule has 2 heterocycles. The van der Waals surface area contributed by atoms with Gasteiger partial charge in [0.15, 0.2) is 0 Å². The van der Waals surface area contributed by atoms with Crippen molar-refractivity contribution in [3.8, 4) is 5.75 Å². The molecule has 1 N–H and O–H groups in total. The predicted molar refractivity (Wildman–Crippen MR) is 113 cm³/mol. The second kappa shape index (κ2) is 9.45. The van der Waals surface area contributed by atoms with Crippen LogP contribution in [-0.2, 0) is 4.74 Å². The average Bonchev–Trinajstić information content (AvgIpc) is 2.69. The zero-order valence-corrected chi connectivity index (χ0v) is 17.5. The van der Waals surface area contributed by atoms with Crippen LogP contribution in [0.15, 0.2) is 30.3 Å². The molecule has 3 rings (SSSR count). The Morgan fingerprint density at radius 2 is 1.83 bits per heavy atom. The molecule has 1 amide bonds. The van der Waals surface area contributed by atoms with Crippen LogP contribution in [0.3, 0.4) is 0 Å². The number of amides is 1. The number of piperazine rings is 1. The number of carbonyl (C=O) groups excluding carboxylic acids is 1. The number of rotatable bonds is 6. The molecule has 0 radical (unpaired) electrons. The van der Waals surface area contributed by atoms with Gasteiger partial charge < -0.3 is 24.6 Å². The minimum absolute atomic E-state index is 0.144. The topological polar surface area (TPSA) is 79.8 Å². The summed E-state index contributed by atoms with van der Waals surface area (Å²) in [5.74, 6) is 3.11. The lowest BCUT2D eigenvalue weighted by Gasteiger charge is -2.34. The SMILES string of the molecule is CCOC(=O)N1CCN(c2cc(Nc3ccc(OC(C)C)cc3)nc(C)n2)CC1. The highest BCUT2D eigenvalue weighted by Gasteiger charge is 2.23. The predicted octanol–water partition coefficient (Wildman–Crippen LogP) is 3.59. The van der Waals surface area contributed by atoms with Crippen LogP contribution < -0.4 is 15.0 Å². The summed E-state index contributed by atoms with van der Waals surface area (Å²) < 4.78 is 10.8. The number of hydrogen-bond donors (Lipinski definition) is 1. The Labute approximate surface area is 171 Å². The van der Waals surface area contributed by atoms with Crippen molar-refractivity contribution in [3.05, 3.63) is 36.2 Å². The van der Waals surface area contributed by atoms with Gasteiger partial charge in [0.2, 0.25) is 0 Å².